The minimum atomic E-state index is -0.0940. The summed E-state index contributed by atoms with van der Waals surface area (Å²) in [6.07, 6.45) is 1.86. The van der Waals surface area contributed by atoms with E-state index in [9.17, 15) is 4.79 Å². The second-order valence-electron chi connectivity index (χ2n) is 7.65. The molecule has 1 aromatic rings. The van der Waals surface area contributed by atoms with Crippen LogP contribution in [0.3, 0.4) is 0 Å². The Balaban J connectivity index is 1.53. The molecule has 7 nitrogen and oxygen atoms in total. The maximum absolute atomic E-state index is 12.1. The molecule has 2 saturated heterocycles. The van der Waals surface area contributed by atoms with E-state index in [0.717, 1.165) is 58.2 Å². The van der Waals surface area contributed by atoms with Crippen LogP contribution >= 0.6 is 0 Å². The average Bonchev–Trinajstić information content (AvgIpc) is 2.76. The maximum atomic E-state index is 12.1. The van der Waals surface area contributed by atoms with E-state index in [4.69, 9.17) is 9.47 Å². The van der Waals surface area contributed by atoms with Crippen LogP contribution in [0.15, 0.2) is 29.3 Å². The highest BCUT2D eigenvalue weighted by molar-refractivity contribution is 5.81. The lowest BCUT2D eigenvalue weighted by Gasteiger charge is -2.34. The molecule has 0 spiro atoms. The van der Waals surface area contributed by atoms with E-state index in [-0.39, 0.29) is 11.9 Å². The summed E-state index contributed by atoms with van der Waals surface area (Å²) in [5.74, 6) is 0.681. The van der Waals surface area contributed by atoms with Crippen LogP contribution in [-0.2, 0) is 27.4 Å². The van der Waals surface area contributed by atoms with E-state index in [1.54, 1.807) is 7.05 Å². The van der Waals surface area contributed by atoms with Gasteiger partial charge < -0.3 is 19.7 Å². The van der Waals surface area contributed by atoms with Gasteiger partial charge in [-0.3, -0.25) is 14.7 Å². The molecule has 0 bridgehead atoms. The molecule has 2 heterocycles. The number of nitrogens with zero attached hydrogens (tertiary/aromatic N) is 3. The zero-order valence-electron chi connectivity index (χ0n) is 17.7. The van der Waals surface area contributed by atoms with Gasteiger partial charge in [0.25, 0.3) is 0 Å². The van der Waals surface area contributed by atoms with E-state index in [2.05, 4.69) is 44.4 Å². The van der Waals surface area contributed by atoms with E-state index in [1.165, 1.54) is 11.1 Å². The molecule has 0 saturated carbocycles. The maximum Gasteiger partial charge on any atom is 0.310 e. The third kappa shape index (κ3) is 6.44. The molecular formula is C22H34N4O3. The first kappa shape index (κ1) is 21.6. The first-order valence-corrected chi connectivity index (χ1v) is 10.7. The number of hydrogen-bond acceptors (Lipinski definition) is 5. The number of ether oxygens (including phenoxy) is 2. The number of esters is 1. The van der Waals surface area contributed by atoms with Crippen LogP contribution in [0.1, 0.15) is 30.9 Å². The number of nitrogens with one attached hydrogen (secondary N) is 1. The molecule has 1 N–H and O–H groups in total. The van der Waals surface area contributed by atoms with Crippen molar-refractivity contribution < 1.29 is 14.3 Å². The second-order valence-corrected chi connectivity index (χ2v) is 7.65. The molecule has 2 aliphatic heterocycles. The molecule has 1 aromatic carbocycles. The number of benzene rings is 1. The van der Waals surface area contributed by atoms with Crippen LogP contribution in [0.5, 0.6) is 0 Å². The number of guanidine groups is 1. The largest absolute Gasteiger partial charge is 0.466 e. The lowest BCUT2D eigenvalue weighted by molar-refractivity contribution is -0.149. The minimum absolute atomic E-state index is 0.0703. The molecule has 0 aromatic heterocycles. The molecule has 3 rings (SSSR count). The number of carbonyl (C=O) groups is 1. The van der Waals surface area contributed by atoms with Gasteiger partial charge in [-0.1, -0.05) is 24.3 Å². The Morgan fingerprint density at radius 1 is 1.28 bits per heavy atom. The van der Waals surface area contributed by atoms with Crippen LogP contribution < -0.4 is 5.32 Å². The average molecular weight is 403 g/mol. The van der Waals surface area contributed by atoms with Crippen molar-refractivity contribution in [2.75, 3.05) is 53.0 Å². The molecule has 1 unspecified atom stereocenters. The van der Waals surface area contributed by atoms with Crippen LogP contribution in [0.2, 0.25) is 0 Å². The normalized spacial score (nSPS) is 21.1. The standard InChI is InChI=1S/C22H34N4O3/c1-3-29-21(27)20-8-5-9-26(17-20)22(23-2)24-15-18-6-4-7-19(14-18)16-25-10-12-28-13-11-25/h4,6-7,14,20H,3,5,8-13,15-17H2,1-2H3,(H,23,24). The summed E-state index contributed by atoms with van der Waals surface area (Å²) in [4.78, 5) is 21.2. The van der Waals surface area contributed by atoms with Crippen molar-refractivity contribution in [1.82, 2.24) is 15.1 Å². The van der Waals surface area contributed by atoms with E-state index >= 15 is 0 Å². The lowest BCUT2D eigenvalue weighted by Crippen LogP contribution is -2.48. The van der Waals surface area contributed by atoms with E-state index < -0.39 is 0 Å². The van der Waals surface area contributed by atoms with Gasteiger partial charge in [-0.25, -0.2) is 0 Å². The predicted molar refractivity (Wildman–Crippen MR) is 114 cm³/mol. The summed E-state index contributed by atoms with van der Waals surface area (Å²) in [6.45, 7) is 9.15. The zero-order valence-corrected chi connectivity index (χ0v) is 17.7. The number of morpholine rings is 1. The summed E-state index contributed by atoms with van der Waals surface area (Å²) in [6, 6.07) is 8.70. The Kier molecular flexibility index (Phi) is 8.31. The van der Waals surface area contributed by atoms with Crippen molar-refractivity contribution >= 4 is 11.9 Å². The molecule has 29 heavy (non-hydrogen) atoms. The molecule has 2 aliphatic rings. The van der Waals surface area contributed by atoms with Crippen LogP contribution in [-0.4, -0.2) is 74.8 Å². The van der Waals surface area contributed by atoms with Gasteiger partial charge in [0.15, 0.2) is 5.96 Å². The van der Waals surface area contributed by atoms with Crippen molar-refractivity contribution in [2.24, 2.45) is 10.9 Å². The van der Waals surface area contributed by atoms with E-state index in [1.807, 2.05) is 6.92 Å². The van der Waals surface area contributed by atoms with Gasteiger partial charge in [-0.2, -0.15) is 0 Å². The number of likely N-dealkylation sites (tertiary alicyclic amines) is 1. The number of carbonyl (C=O) groups excluding carboxylic acids is 1. The summed E-state index contributed by atoms with van der Waals surface area (Å²) in [5.41, 5.74) is 2.55. The SMILES string of the molecule is CCOC(=O)C1CCCN(C(=NC)NCc2cccc(CN3CCOCC3)c2)C1. The Hall–Kier alpha value is -2.12. The van der Waals surface area contributed by atoms with Gasteiger partial charge in [0.05, 0.1) is 25.7 Å². The quantitative estimate of drug-likeness (QED) is 0.445. The Morgan fingerprint density at radius 3 is 2.83 bits per heavy atom. The van der Waals surface area contributed by atoms with Crippen molar-refractivity contribution in [3.05, 3.63) is 35.4 Å². The highest BCUT2D eigenvalue weighted by atomic mass is 16.5. The molecule has 0 amide bonds. The fourth-order valence-electron chi connectivity index (χ4n) is 3.99. The van der Waals surface area contributed by atoms with Crippen LogP contribution in [0.4, 0.5) is 0 Å². The Bertz CT molecular complexity index is 688. The highest BCUT2D eigenvalue weighted by Crippen LogP contribution is 2.18. The second kappa shape index (κ2) is 11.2. The summed E-state index contributed by atoms with van der Waals surface area (Å²) >= 11 is 0. The molecular weight excluding hydrogens is 368 g/mol. The van der Waals surface area contributed by atoms with Crippen molar-refractivity contribution in [1.29, 1.82) is 0 Å². The van der Waals surface area contributed by atoms with Gasteiger partial charge in [0.1, 0.15) is 0 Å². The molecule has 7 heteroatoms. The third-order valence-electron chi connectivity index (χ3n) is 5.50. The molecule has 1 atom stereocenters. The van der Waals surface area contributed by atoms with Gasteiger partial charge in [-0.05, 0) is 30.9 Å². The summed E-state index contributed by atoms with van der Waals surface area (Å²) < 4.78 is 10.6. The highest BCUT2D eigenvalue weighted by Gasteiger charge is 2.28. The topological polar surface area (TPSA) is 66.4 Å². The summed E-state index contributed by atoms with van der Waals surface area (Å²) in [7, 11) is 1.80. The number of piperidine rings is 1. The van der Waals surface area contributed by atoms with Gasteiger partial charge >= 0.3 is 5.97 Å². The van der Waals surface area contributed by atoms with Crippen molar-refractivity contribution in [3.8, 4) is 0 Å². The van der Waals surface area contributed by atoms with Crippen LogP contribution in [0, 0.1) is 5.92 Å². The van der Waals surface area contributed by atoms with E-state index in [0.29, 0.717) is 19.7 Å². The van der Waals surface area contributed by atoms with Gasteiger partial charge in [0, 0.05) is 46.3 Å². The number of hydrogen-bond donors (Lipinski definition) is 1. The van der Waals surface area contributed by atoms with Gasteiger partial charge in [0.2, 0.25) is 0 Å². The number of aliphatic imine (C=N–C) groups is 1. The zero-order chi connectivity index (χ0) is 20.5. The Labute approximate surface area is 174 Å². The molecule has 0 aliphatic carbocycles. The fourth-order valence-corrected chi connectivity index (χ4v) is 3.99. The first-order valence-electron chi connectivity index (χ1n) is 10.7. The van der Waals surface area contributed by atoms with Crippen molar-refractivity contribution in [2.45, 2.75) is 32.9 Å². The van der Waals surface area contributed by atoms with Gasteiger partial charge in [-0.15, -0.1) is 0 Å². The minimum Gasteiger partial charge on any atom is -0.466 e. The van der Waals surface area contributed by atoms with Crippen LogP contribution in [0.25, 0.3) is 0 Å². The molecule has 160 valence electrons. The predicted octanol–water partition coefficient (Wildman–Crippen LogP) is 1.87. The monoisotopic (exact) mass is 402 g/mol. The lowest BCUT2D eigenvalue weighted by atomic mass is 9.98. The Morgan fingerprint density at radius 2 is 2.07 bits per heavy atom. The fraction of sp³-hybridized carbons (Fsp3) is 0.636. The molecule has 2 fully saturated rings. The van der Waals surface area contributed by atoms with Crippen molar-refractivity contribution in [3.63, 3.8) is 0 Å². The first-order chi connectivity index (χ1) is 14.2. The third-order valence-corrected chi connectivity index (χ3v) is 5.50. The smallest absolute Gasteiger partial charge is 0.310 e. The molecule has 0 radical (unpaired) electrons. The number of rotatable bonds is 6. The summed E-state index contributed by atoms with van der Waals surface area (Å²) in [5, 5.41) is 3.47.